The summed E-state index contributed by atoms with van der Waals surface area (Å²) in [7, 11) is 1.43. The topological polar surface area (TPSA) is 92.5 Å². The van der Waals surface area contributed by atoms with Crippen molar-refractivity contribution in [3.05, 3.63) is 0 Å². The summed E-state index contributed by atoms with van der Waals surface area (Å²) in [4.78, 5) is 36.6. The van der Waals surface area contributed by atoms with Crippen molar-refractivity contribution in [2.45, 2.75) is 52.1 Å². The Morgan fingerprint density at radius 2 is 1.84 bits per heavy atom. The molecule has 6 heteroatoms. The fourth-order valence-corrected chi connectivity index (χ4v) is 1.68. The van der Waals surface area contributed by atoms with E-state index in [9.17, 15) is 14.4 Å². The summed E-state index contributed by atoms with van der Waals surface area (Å²) in [6.07, 6.45) is 0.606. The number of carbonyl (C=O) groups excluding carboxylic acids is 3. The number of rotatable bonds is 3. The van der Waals surface area contributed by atoms with E-state index in [2.05, 4.69) is 5.32 Å². The van der Waals surface area contributed by atoms with Crippen LogP contribution in [0.25, 0.3) is 0 Å². The number of amides is 3. The van der Waals surface area contributed by atoms with Gasteiger partial charge in [-0.15, -0.1) is 0 Å². The van der Waals surface area contributed by atoms with E-state index in [0.717, 1.165) is 4.90 Å². The molecule has 3 N–H and O–H groups in total. The van der Waals surface area contributed by atoms with Gasteiger partial charge < -0.3 is 11.1 Å². The SMILES string of the molecule is CN1C(=O)CCC(NC(=O)C(C)(C)C(C)(C)N)C1=O. The first kappa shape index (κ1) is 15.6. The largest absolute Gasteiger partial charge is 0.344 e. The summed E-state index contributed by atoms with van der Waals surface area (Å²) < 4.78 is 0. The number of nitrogens with one attached hydrogen (secondary N) is 1. The lowest BCUT2D eigenvalue weighted by Crippen LogP contribution is -2.60. The van der Waals surface area contributed by atoms with Crippen molar-refractivity contribution in [1.82, 2.24) is 10.2 Å². The number of likely N-dealkylation sites (N-methyl/N-ethyl adjacent to an activating group) is 1. The third kappa shape index (κ3) is 2.94. The molecule has 1 fully saturated rings. The minimum absolute atomic E-state index is 0.214. The highest BCUT2D eigenvalue weighted by Crippen LogP contribution is 2.29. The maximum Gasteiger partial charge on any atom is 0.251 e. The number of hydrogen-bond acceptors (Lipinski definition) is 4. The highest BCUT2D eigenvalue weighted by atomic mass is 16.2. The van der Waals surface area contributed by atoms with Crippen molar-refractivity contribution in [3.8, 4) is 0 Å². The van der Waals surface area contributed by atoms with Crippen molar-refractivity contribution >= 4 is 17.7 Å². The molecule has 1 aliphatic rings. The zero-order valence-corrected chi connectivity index (χ0v) is 12.2. The molecule has 0 aliphatic carbocycles. The summed E-state index contributed by atoms with van der Waals surface area (Å²) >= 11 is 0. The Balaban J connectivity index is 2.78. The van der Waals surface area contributed by atoms with Gasteiger partial charge in [0.25, 0.3) is 5.91 Å². The Hall–Kier alpha value is -1.43. The van der Waals surface area contributed by atoms with Crippen molar-refractivity contribution in [1.29, 1.82) is 0 Å². The van der Waals surface area contributed by atoms with Gasteiger partial charge in [-0.05, 0) is 34.1 Å². The number of piperidine rings is 1. The van der Waals surface area contributed by atoms with E-state index in [1.165, 1.54) is 7.05 Å². The summed E-state index contributed by atoms with van der Waals surface area (Å²) in [6, 6.07) is -0.642. The number of nitrogens with zero attached hydrogens (tertiary/aromatic N) is 1. The lowest BCUT2D eigenvalue weighted by atomic mass is 9.74. The molecule has 0 aromatic heterocycles. The van der Waals surface area contributed by atoms with Crippen LogP contribution < -0.4 is 11.1 Å². The first-order chi connectivity index (χ1) is 8.48. The van der Waals surface area contributed by atoms with E-state index < -0.39 is 17.0 Å². The van der Waals surface area contributed by atoms with E-state index >= 15 is 0 Å². The van der Waals surface area contributed by atoms with Crippen LogP contribution in [0.15, 0.2) is 0 Å². The fraction of sp³-hybridized carbons (Fsp3) is 0.769. The van der Waals surface area contributed by atoms with Crippen LogP contribution in [0, 0.1) is 5.41 Å². The average Bonchev–Trinajstić information content (AvgIpc) is 2.28. The second kappa shape index (κ2) is 4.92. The van der Waals surface area contributed by atoms with Gasteiger partial charge in [0.15, 0.2) is 0 Å². The Kier molecular flexibility index (Phi) is 4.05. The highest BCUT2D eigenvalue weighted by Gasteiger charge is 2.43. The van der Waals surface area contributed by atoms with Crippen LogP contribution in [0.3, 0.4) is 0 Å². The molecule has 0 aromatic rings. The summed E-state index contributed by atoms with van der Waals surface area (Å²) in [5, 5.41) is 2.70. The zero-order valence-electron chi connectivity index (χ0n) is 12.2. The van der Waals surface area contributed by atoms with Crippen LogP contribution in [0.1, 0.15) is 40.5 Å². The minimum Gasteiger partial charge on any atom is -0.344 e. The Labute approximate surface area is 113 Å². The summed E-state index contributed by atoms with van der Waals surface area (Å²) in [6.45, 7) is 7.02. The predicted octanol–water partition coefficient (Wildman–Crippen LogP) is 0.0135. The van der Waals surface area contributed by atoms with Crippen LogP contribution in [0.4, 0.5) is 0 Å². The van der Waals surface area contributed by atoms with Gasteiger partial charge in [0.2, 0.25) is 11.8 Å². The lowest BCUT2D eigenvalue weighted by molar-refractivity contribution is -0.150. The first-order valence-corrected chi connectivity index (χ1v) is 6.38. The van der Waals surface area contributed by atoms with Crippen LogP contribution in [-0.2, 0) is 14.4 Å². The van der Waals surface area contributed by atoms with Crippen molar-refractivity contribution in [3.63, 3.8) is 0 Å². The van der Waals surface area contributed by atoms with Crippen LogP contribution in [-0.4, -0.2) is 41.2 Å². The number of carbonyl (C=O) groups is 3. The van der Waals surface area contributed by atoms with Crippen LogP contribution >= 0.6 is 0 Å². The molecule has 1 heterocycles. The molecule has 0 saturated carbocycles. The van der Waals surface area contributed by atoms with E-state index in [0.29, 0.717) is 6.42 Å². The molecule has 0 radical (unpaired) electrons. The van der Waals surface area contributed by atoms with Crippen molar-refractivity contribution in [2.24, 2.45) is 11.1 Å². The molecule has 0 spiro atoms. The number of nitrogens with two attached hydrogens (primary N) is 1. The maximum absolute atomic E-state index is 12.3. The van der Waals surface area contributed by atoms with Gasteiger partial charge in [-0.2, -0.15) is 0 Å². The third-order valence-electron chi connectivity index (χ3n) is 4.13. The molecule has 1 aliphatic heterocycles. The van der Waals surface area contributed by atoms with Gasteiger partial charge in [0.05, 0.1) is 5.41 Å². The number of imide groups is 1. The molecule has 0 bridgehead atoms. The van der Waals surface area contributed by atoms with Gasteiger partial charge in [0.1, 0.15) is 6.04 Å². The molecule has 6 nitrogen and oxygen atoms in total. The molecule has 108 valence electrons. The third-order valence-corrected chi connectivity index (χ3v) is 4.13. The predicted molar refractivity (Wildman–Crippen MR) is 71.0 cm³/mol. The summed E-state index contributed by atoms with van der Waals surface area (Å²) in [5.41, 5.74) is 4.47. The Bertz CT molecular complexity index is 410. The minimum atomic E-state index is -0.812. The van der Waals surface area contributed by atoms with Gasteiger partial charge in [-0.3, -0.25) is 19.3 Å². The number of likely N-dealkylation sites (tertiary alicyclic amines) is 1. The summed E-state index contributed by atoms with van der Waals surface area (Å²) in [5.74, 6) is -0.856. The van der Waals surface area contributed by atoms with Gasteiger partial charge >= 0.3 is 0 Å². The second-order valence-corrected chi connectivity index (χ2v) is 6.20. The van der Waals surface area contributed by atoms with Crippen LogP contribution in [0.2, 0.25) is 0 Å². The van der Waals surface area contributed by atoms with Gasteiger partial charge in [-0.25, -0.2) is 0 Å². The number of hydrogen-bond donors (Lipinski definition) is 2. The highest BCUT2D eigenvalue weighted by molar-refractivity contribution is 6.01. The fourth-order valence-electron chi connectivity index (χ4n) is 1.68. The molecule has 3 amide bonds. The van der Waals surface area contributed by atoms with E-state index in [1.54, 1.807) is 27.7 Å². The molecule has 0 aromatic carbocycles. The van der Waals surface area contributed by atoms with Crippen molar-refractivity contribution < 1.29 is 14.4 Å². The van der Waals surface area contributed by atoms with Crippen molar-refractivity contribution in [2.75, 3.05) is 7.05 Å². The second-order valence-electron chi connectivity index (χ2n) is 6.20. The molecule has 1 atom stereocenters. The Morgan fingerprint density at radius 1 is 1.32 bits per heavy atom. The lowest BCUT2D eigenvalue weighted by Gasteiger charge is -2.38. The molecular formula is C13H23N3O3. The molecule has 1 unspecified atom stereocenters. The van der Waals surface area contributed by atoms with Crippen LogP contribution in [0.5, 0.6) is 0 Å². The quantitative estimate of drug-likeness (QED) is 0.706. The van der Waals surface area contributed by atoms with E-state index in [4.69, 9.17) is 5.73 Å². The standard InChI is InChI=1S/C13H23N3O3/c1-12(2,13(3,4)14)11(19)15-8-6-7-9(17)16(5)10(8)18/h8H,6-7,14H2,1-5H3,(H,15,19). The average molecular weight is 269 g/mol. The molecule has 19 heavy (non-hydrogen) atoms. The molecular weight excluding hydrogens is 246 g/mol. The molecule has 1 saturated heterocycles. The van der Waals surface area contributed by atoms with Gasteiger partial charge in [-0.1, -0.05) is 0 Å². The maximum atomic E-state index is 12.3. The van der Waals surface area contributed by atoms with E-state index in [-0.39, 0.29) is 24.1 Å². The molecule has 1 rings (SSSR count). The monoisotopic (exact) mass is 269 g/mol. The van der Waals surface area contributed by atoms with Gasteiger partial charge in [0, 0.05) is 19.0 Å². The first-order valence-electron chi connectivity index (χ1n) is 6.38. The Morgan fingerprint density at radius 3 is 2.32 bits per heavy atom. The zero-order chi connectivity index (χ0) is 15.0. The normalized spacial score (nSPS) is 21.6. The smallest absolute Gasteiger partial charge is 0.251 e. The van der Waals surface area contributed by atoms with E-state index in [1.807, 2.05) is 0 Å².